The molecule has 0 unspecified atom stereocenters. The van der Waals surface area contributed by atoms with Crippen molar-refractivity contribution in [1.82, 2.24) is 14.7 Å². The third kappa shape index (κ3) is 4.11. The first-order chi connectivity index (χ1) is 12.4. The van der Waals surface area contributed by atoms with E-state index in [1.807, 2.05) is 0 Å². The van der Waals surface area contributed by atoms with Gasteiger partial charge in [0.2, 0.25) is 16.0 Å². The molecular formula is C15H16BrN5O4S. The number of sulfonamides is 1. The van der Waals surface area contributed by atoms with Crippen LogP contribution in [0.15, 0.2) is 33.8 Å². The molecule has 2 aromatic rings. The van der Waals surface area contributed by atoms with Gasteiger partial charge in [-0.05, 0) is 40.5 Å². The van der Waals surface area contributed by atoms with Gasteiger partial charge >= 0.3 is 5.97 Å². The third-order valence-corrected chi connectivity index (χ3v) is 5.60. The van der Waals surface area contributed by atoms with E-state index in [0.717, 1.165) is 0 Å². The summed E-state index contributed by atoms with van der Waals surface area (Å²) in [6.45, 7) is 0.749. The smallest absolute Gasteiger partial charge is 0.337 e. The average Bonchev–Trinajstić information content (AvgIpc) is 2.62. The number of esters is 1. The van der Waals surface area contributed by atoms with E-state index in [1.54, 1.807) is 6.20 Å². The molecule has 1 aromatic heterocycles. The Morgan fingerprint density at radius 2 is 2.08 bits per heavy atom. The first kappa shape index (κ1) is 18.5. The zero-order chi connectivity index (χ0) is 18.7. The predicted octanol–water partition coefficient (Wildman–Crippen LogP) is 1.86. The monoisotopic (exact) mass is 441 g/mol. The van der Waals surface area contributed by atoms with Crippen molar-refractivity contribution in [2.24, 2.45) is 0 Å². The summed E-state index contributed by atoms with van der Waals surface area (Å²) in [6.07, 6.45) is 2.12. The number of aromatic nitrogens is 2. The lowest BCUT2D eigenvalue weighted by molar-refractivity contribution is 0.0600. The molecule has 0 atom stereocenters. The molecule has 2 heterocycles. The van der Waals surface area contributed by atoms with Gasteiger partial charge in [-0.3, -0.25) is 0 Å². The van der Waals surface area contributed by atoms with Crippen molar-refractivity contribution in [3.05, 3.63) is 34.4 Å². The van der Waals surface area contributed by atoms with Crippen LogP contribution in [0.4, 0.5) is 17.5 Å². The summed E-state index contributed by atoms with van der Waals surface area (Å²) in [4.78, 5) is 20.4. The van der Waals surface area contributed by atoms with Crippen molar-refractivity contribution in [1.29, 1.82) is 0 Å². The number of methoxy groups -OCH3 is 1. The van der Waals surface area contributed by atoms with E-state index in [4.69, 9.17) is 4.74 Å². The molecule has 0 saturated carbocycles. The highest BCUT2D eigenvalue weighted by atomic mass is 79.9. The molecule has 4 bridgehead atoms. The van der Waals surface area contributed by atoms with Crippen molar-refractivity contribution >= 4 is 49.4 Å². The standard InChI is InChI=1S/C15H16BrN5O4S/c1-25-14(22)9-5-10-7-11(6-9)26(23,24)19-4-2-3-17-13-12(16)8-18-15(20-10)21-13/h5-8,19H,2-4H2,1H3,(H2,17,18,20,21). The van der Waals surface area contributed by atoms with Crippen LogP contribution in [0, 0.1) is 0 Å². The van der Waals surface area contributed by atoms with Gasteiger partial charge in [-0.1, -0.05) is 0 Å². The summed E-state index contributed by atoms with van der Waals surface area (Å²) in [5.41, 5.74) is 0.448. The van der Waals surface area contributed by atoms with Gasteiger partial charge in [0.05, 0.1) is 22.0 Å². The number of fused-ring (bicyclic) bond motifs is 4. The minimum absolute atomic E-state index is 0.0487. The first-order valence-corrected chi connectivity index (χ1v) is 9.93. The van der Waals surface area contributed by atoms with Crippen LogP contribution in [-0.2, 0) is 14.8 Å². The molecule has 0 fully saturated rings. The van der Waals surface area contributed by atoms with Gasteiger partial charge in [0.25, 0.3) is 0 Å². The minimum atomic E-state index is -3.78. The molecule has 1 aliphatic rings. The summed E-state index contributed by atoms with van der Waals surface area (Å²) in [6, 6.07) is 4.15. The number of carbonyl (C=O) groups is 1. The quantitative estimate of drug-likeness (QED) is 0.573. The molecule has 138 valence electrons. The van der Waals surface area contributed by atoms with Crippen LogP contribution in [-0.4, -0.2) is 44.6 Å². The van der Waals surface area contributed by atoms with Gasteiger partial charge in [-0.25, -0.2) is 22.9 Å². The van der Waals surface area contributed by atoms with Crippen molar-refractivity contribution < 1.29 is 17.9 Å². The maximum atomic E-state index is 12.5. The lowest BCUT2D eigenvalue weighted by Gasteiger charge is -2.11. The molecule has 9 nitrogen and oxygen atoms in total. The number of hydrogen-bond acceptors (Lipinski definition) is 8. The van der Waals surface area contributed by atoms with Crippen LogP contribution in [0.1, 0.15) is 16.8 Å². The maximum absolute atomic E-state index is 12.5. The van der Waals surface area contributed by atoms with E-state index in [1.165, 1.54) is 25.3 Å². The molecule has 0 radical (unpaired) electrons. The second-order valence-electron chi connectivity index (χ2n) is 5.43. The minimum Gasteiger partial charge on any atom is -0.465 e. The van der Waals surface area contributed by atoms with Crippen molar-refractivity contribution in [2.45, 2.75) is 11.3 Å². The van der Waals surface area contributed by atoms with E-state index >= 15 is 0 Å². The third-order valence-electron chi connectivity index (χ3n) is 3.58. The molecule has 11 heteroatoms. The van der Waals surface area contributed by atoms with Gasteiger partial charge in [0.15, 0.2) is 0 Å². The number of benzene rings is 1. The molecule has 3 rings (SSSR count). The Labute approximate surface area is 158 Å². The molecule has 0 spiro atoms. The Balaban J connectivity index is 2.11. The predicted molar refractivity (Wildman–Crippen MR) is 99.1 cm³/mol. The number of nitrogens with one attached hydrogen (secondary N) is 3. The van der Waals surface area contributed by atoms with Gasteiger partial charge in [0.1, 0.15) is 5.82 Å². The van der Waals surface area contributed by atoms with E-state index in [0.29, 0.717) is 28.9 Å². The van der Waals surface area contributed by atoms with Gasteiger partial charge < -0.3 is 15.4 Å². The molecule has 1 aliphatic heterocycles. The maximum Gasteiger partial charge on any atom is 0.337 e. The van der Waals surface area contributed by atoms with Crippen LogP contribution in [0.5, 0.6) is 0 Å². The van der Waals surface area contributed by atoms with Crippen molar-refractivity contribution in [3.8, 4) is 0 Å². The largest absolute Gasteiger partial charge is 0.465 e. The summed E-state index contributed by atoms with van der Waals surface area (Å²) in [5, 5.41) is 6.04. The van der Waals surface area contributed by atoms with Crippen LogP contribution >= 0.6 is 15.9 Å². The Bertz CT molecular complexity index is 951. The van der Waals surface area contributed by atoms with Crippen molar-refractivity contribution in [2.75, 3.05) is 30.8 Å². The average molecular weight is 442 g/mol. The molecule has 26 heavy (non-hydrogen) atoms. The van der Waals surface area contributed by atoms with E-state index in [2.05, 4.69) is 41.3 Å². The molecule has 0 amide bonds. The van der Waals surface area contributed by atoms with Crippen LogP contribution in [0.3, 0.4) is 0 Å². The van der Waals surface area contributed by atoms with Crippen LogP contribution < -0.4 is 15.4 Å². The topological polar surface area (TPSA) is 122 Å². The highest BCUT2D eigenvalue weighted by molar-refractivity contribution is 9.10. The summed E-state index contributed by atoms with van der Waals surface area (Å²) in [5.74, 6) is 0.190. The number of rotatable bonds is 1. The zero-order valence-electron chi connectivity index (χ0n) is 13.7. The Kier molecular flexibility index (Phi) is 5.39. The second-order valence-corrected chi connectivity index (χ2v) is 8.05. The number of halogens is 1. The molecule has 0 aliphatic carbocycles. The SMILES string of the molecule is COC(=O)c1cc2cc(c1)S(=O)(=O)NCCCNc1nc(ncc1Br)N2. The summed E-state index contributed by atoms with van der Waals surface area (Å²) < 4.78 is 33.0. The van der Waals surface area contributed by atoms with Crippen molar-refractivity contribution in [3.63, 3.8) is 0 Å². The molecule has 1 aromatic carbocycles. The second kappa shape index (κ2) is 7.56. The number of carbonyl (C=O) groups excluding carboxylic acids is 1. The lowest BCUT2D eigenvalue weighted by atomic mass is 10.2. The van der Waals surface area contributed by atoms with Gasteiger partial charge in [-0.15, -0.1) is 0 Å². The lowest BCUT2D eigenvalue weighted by Crippen LogP contribution is -2.26. The Hall–Kier alpha value is -2.24. The number of ether oxygens (including phenoxy) is 1. The fourth-order valence-electron chi connectivity index (χ4n) is 2.33. The number of hydrogen-bond donors (Lipinski definition) is 3. The fourth-order valence-corrected chi connectivity index (χ4v) is 3.80. The van der Waals surface area contributed by atoms with Crippen LogP contribution in [0.25, 0.3) is 0 Å². The van der Waals surface area contributed by atoms with E-state index in [-0.39, 0.29) is 23.0 Å². The van der Waals surface area contributed by atoms with Crippen LogP contribution in [0.2, 0.25) is 0 Å². The summed E-state index contributed by atoms with van der Waals surface area (Å²) in [7, 11) is -2.55. The normalized spacial score (nSPS) is 16.1. The molecule has 0 saturated heterocycles. The highest BCUT2D eigenvalue weighted by Gasteiger charge is 2.19. The van der Waals surface area contributed by atoms with E-state index in [9.17, 15) is 13.2 Å². The number of anilines is 3. The zero-order valence-corrected chi connectivity index (χ0v) is 16.1. The molecular weight excluding hydrogens is 426 g/mol. The Morgan fingerprint density at radius 1 is 1.27 bits per heavy atom. The molecule has 3 N–H and O–H groups in total. The highest BCUT2D eigenvalue weighted by Crippen LogP contribution is 2.25. The fraction of sp³-hybridized carbons (Fsp3) is 0.267. The summed E-state index contributed by atoms with van der Waals surface area (Å²) >= 11 is 3.37. The van der Waals surface area contributed by atoms with Gasteiger partial charge in [0, 0.05) is 25.0 Å². The number of nitrogens with zero attached hydrogens (tertiary/aromatic N) is 2. The Morgan fingerprint density at radius 3 is 2.85 bits per heavy atom. The van der Waals surface area contributed by atoms with Gasteiger partial charge in [-0.2, -0.15) is 4.98 Å². The first-order valence-electron chi connectivity index (χ1n) is 7.65. The van der Waals surface area contributed by atoms with E-state index < -0.39 is 16.0 Å².